The molecule has 1 atom stereocenters. The summed E-state index contributed by atoms with van der Waals surface area (Å²) in [7, 11) is 1.02. The lowest BCUT2D eigenvalue weighted by Gasteiger charge is -2.20. The van der Waals surface area contributed by atoms with Crippen LogP contribution in [0.2, 0.25) is 0 Å². The first-order chi connectivity index (χ1) is 19.3. The van der Waals surface area contributed by atoms with Crippen molar-refractivity contribution < 1.29 is 50.7 Å². The Kier molecular flexibility index (Phi) is 6.74. The van der Waals surface area contributed by atoms with E-state index >= 15 is 8.78 Å². The van der Waals surface area contributed by atoms with Gasteiger partial charge in [0.15, 0.2) is 5.92 Å². The zero-order valence-electron chi connectivity index (χ0n) is 22.3. The number of para-hydroxylation sites is 1. The van der Waals surface area contributed by atoms with Crippen LogP contribution in [0.3, 0.4) is 0 Å². The number of carbonyl (C=O) groups is 2. The van der Waals surface area contributed by atoms with E-state index in [0.717, 1.165) is 11.7 Å². The number of methoxy groups -OCH3 is 1. The molecule has 14 heteroatoms. The summed E-state index contributed by atoms with van der Waals surface area (Å²) in [4.78, 5) is 26.6. The number of carbonyl (C=O) groups excluding carboxylic acids is 2. The third kappa shape index (κ3) is 4.37. The van der Waals surface area contributed by atoms with Crippen molar-refractivity contribution in [1.29, 1.82) is 0 Å². The Hall–Kier alpha value is -4.49. The number of hydrogen-bond acceptors (Lipinski definition) is 6. The van der Waals surface area contributed by atoms with Gasteiger partial charge in [0.05, 0.1) is 19.2 Å². The van der Waals surface area contributed by atoms with Crippen LogP contribution in [0.15, 0.2) is 24.3 Å². The first kappa shape index (κ1) is 28.1. The number of nitrogens with zero attached hydrogens (tertiary/aromatic N) is 4. The average Bonchev–Trinajstić information content (AvgIpc) is 3.58. The van der Waals surface area contributed by atoms with Crippen molar-refractivity contribution >= 4 is 23.0 Å². The molecule has 0 spiro atoms. The van der Waals surface area contributed by atoms with E-state index in [9.17, 15) is 27.9 Å². The van der Waals surface area contributed by atoms with E-state index in [2.05, 4.69) is 5.10 Å². The third-order valence-electron chi connectivity index (χ3n) is 6.65. The highest BCUT2D eigenvalue weighted by molar-refractivity contribution is 5.99. The first-order valence-electron chi connectivity index (χ1n) is 12.4. The molecule has 41 heavy (non-hydrogen) atoms. The molecule has 0 radical (unpaired) electrons. The van der Waals surface area contributed by atoms with Gasteiger partial charge in [0.1, 0.15) is 5.60 Å². The highest BCUT2D eigenvalue weighted by Gasteiger charge is 2.46. The predicted octanol–water partition coefficient (Wildman–Crippen LogP) is 4.55. The highest BCUT2D eigenvalue weighted by Crippen LogP contribution is 2.41. The molecule has 1 unspecified atom stereocenters. The molecule has 5 rings (SSSR count). The molecule has 0 aliphatic carbocycles. The van der Waals surface area contributed by atoms with E-state index < -0.39 is 64.2 Å². The molecule has 0 amide bonds. The molecular formula is C27H24F5N4O5+. The van der Waals surface area contributed by atoms with Crippen molar-refractivity contribution in [3.8, 4) is 11.6 Å². The molecule has 0 saturated heterocycles. The number of ether oxygens (including phenoxy) is 2. The van der Waals surface area contributed by atoms with Crippen molar-refractivity contribution in [1.82, 2.24) is 14.3 Å². The van der Waals surface area contributed by atoms with Gasteiger partial charge < -0.3 is 14.6 Å². The van der Waals surface area contributed by atoms with Gasteiger partial charge in [-0.25, -0.2) is 27.1 Å². The standard InChI is InChI=1S/C27H23F5N4O5/c1-27(2,3)41-26(39)35-13-9-6-5-8-12(13)15(24(35)37)16(25(38)40-4)23-34-11-7-10-14(34)33-36(23)22-20(31)18(29)17(28)19(30)21(22)32/h5-6,8-9,16H,7,10-11H2,1-4H3/p+1. The van der Waals surface area contributed by atoms with Crippen LogP contribution in [0.5, 0.6) is 5.88 Å². The fraction of sp³-hybridized carbons (Fsp3) is 0.333. The van der Waals surface area contributed by atoms with Gasteiger partial charge in [-0.05, 0) is 33.3 Å². The van der Waals surface area contributed by atoms with Crippen LogP contribution in [0, 0.1) is 29.1 Å². The van der Waals surface area contributed by atoms with Crippen molar-refractivity contribution in [2.45, 2.75) is 51.7 Å². The Morgan fingerprint density at radius 3 is 2.24 bits per heavy atom. The third-order valence-corrected chi connectivity index (χ3v) is 6.65. The van der Waals surface area contributed by atoms with E-state index in [-0.39, 0.29) is 41.1 Å². The summed E-state index contributed by atoms with van der Waals surface area (Å²) in [6.45, 7) is 4.98. The second-order valence-corrected chi connectivity index (χ2v) is 10.4. The van der Waals surface area contributed by atoms with Crippen LogP contribution in [0.1, 0.15) is 50.3 Å². The maximum Gasteiger partial charge on any atom is 0.421 e. The normalized spacial score (nSPS) is 13.9. The number of benzene rings is 2. The van der Waals surface area contributed by atoms with Gasteiger partial charge in [-0.15, -0.1) is 0 Å². The summed E-state index contributed by atoms with van der Waals surface area (Å²) in [5, 5.41) is 15.7. The molecule has 0 bridgehead atoms. The zero-order chi connectivity index (χ0) is 30.0. The topological polar surface area (TPSA) is 99.5 Å². The molecule has 9 nitrogen and oxygen atoms in total. The van der Waals surface area contributed by atoms with Gasteiger partial charge in [0.2, 0.25) is 40.7 Å². The van der Waals surface area contributed by atoms with E-state index in [4.69, 9.17) is 9.47 Å². The summed E-state index contributed by atoms with van der Waals surface area (Å²) >= 11 is 0. The second-order valence-electron chi connectivity index (χ2n) is 10.4. The summed E-state index contributed by atoms with van der Waals surface area (Å²) < 4.78 is 85.6. The Labute approximate surface area is 229 Å². The quantitative estimate of drug-likeness (QED) is 0.125. The molecule has 0 saturated carbocycles. The fourth-order valence-corrected chi connectivity index (χ4v) is 5.01. The molecular weight excluding hydrogens is 555 g/mol. The first-order valence-corrected chi connectivity index (χ1v) is 12.4. The minimum absolute atomic E-state index is 0.118. The SMILES string of the molecule is COC(=O)C(c1c(O)n(C(=O)OC(C)(C)C)c2ccccc12)c1n(-c2c(F)c(F)c(F)c(F)c2F)nc2[n+]1CCC2. The maximum absolute atomic E-state index is 15.1. The monoisotopic (exact) mass is 579 g/mol. The van der Waals surface area contributed by atoms with Crippen molar-refractivity contribution in [3.05, 3.63) is 70.6 Å². The lowest BCUT2D eigenvalue weighted by atomic mass is 9.96. The van der Waals surface area contributed by atoms with Gasteiger partial charge in [-0.1, -0.05) is 22.9 Å². The smallest absolute Gasteiger partial charge is 0.421 e. The predicted molar refractivity (Wildman–Crippen MR) is 131 cm³/mol. The van der Waals surface area contributed by atoms with Crippen molar-refractivity contribution in [2.75, 3.05) is 7.11 Å². The number of aryl methyl sites for hydroxylation is 1. The Morgan fingerprint density at radius 2 is 1.63 bits per heavy atom. The van der Waals surface area contributed by atoms with Crippen molar-refractivity contribution in [3.63, 3.8) is 0 Å². The lowest BCUT2D eigenvalue weighted by molar-refractivity contribution is -0.698. The van der Waals surface area contributed by atoms with Gasteiger partial charge in [-0.2, -0.15) is 8.78 Å². The minimum atomic E-state index is -2.36. The van der Waals surface area contributed by atoms with Crippen LogP contribution in [-0.4, -0.2) is 44.2 Å². The highest BCUT2D eigenvalue weighted by atomic mass is 19.2. The summed E-state index contributed by atoms with van der Waals surface area (Å²) in [5.74, 6) is -14.9. The van der Waals surface area contributed by atoms with Crippen LogP contribution >= 0.6 is 0 Å². The number of hydrogen-bond donors (Lipinski definition) is 1. The number of aromatic nitrogens is 4. The Morgan fingerprint density at radius 1 is 1.02 bits per heavy atom. The summed E-state index contributed by atoms with van der Waals surface area (Å²) in [5.41, 5.74) is -2.50. The zero-order valence-corrected chi connectivity index (χ0v) is 22.3. The summed E-state index contributed by atoms with van der Waals surface area (Å²) in [6.07, 6.45) is -0.242. The summed E-state index contributed by atoms with van der Waals surface area (Å²) in [6, 6.07) is 6.06. The molecule has 3 heterocycles. The van der Waals surface area contributed by atoms with E-state index in [1.165, 1.54) is 16.7 Å². The van der Waals surface area contributed by atoms with Crippen LogP contribution in [0.25, 0.3) is 16.6 Å². The Balaban J connectivity index is 1.86. The fourth-order valence-electron chi connectivity index (χ4n) is 5.01. The number of halogens is 5. The van der Waals surface area contributed by atoms with Crippen LogP contribution in [-0.2, 0) is 27.2 Å². The van der Waals surface area contributed by atoms with Crippen LogP contribution < -0.4 is 4.57 Å². The van der Waals surface area contributed by atoms with E-state index in [1.54, 1.807) is 32.9 Å². The largest absolute Gasteiger partial charge is 0.494 e. The average molecular weight is 580 g/mol. The van der Waals surface area contributed by atoms with E-state index in [1.807, 2.05) is 0 Å². The molecule has 1 N–H and O–H groups in total. The molecule has 0 fully saturated rings. The number of esters is 1. The molecule has 2 aromatic carbocycles. The maximum atomic E-state index is 15.1. The van der Waals surface area contributed by atoms with Gasteiger partial charge in [-0.3, -0.25) is 4.79 Å². The molecule has 216 valence electrons. The number of aromatic hydroxyl groups is 1. The van der Waals surface area contributed by atoms with Crippen molar-refractivity contribution in [2.24, 2.45) is 0 Å². The minimum Gasteiger partial charge on any atom is -0.494 e. The van der Waals surface area contributed by atoms with Gasteiger partial charge in [0.25, 0.3) is 11.6 Å². The lowest BCUT2D eigenvalue weighted by Crippen LogP contribution is -2.40. The number of fused-ring (bicyclic) bond motifs is 2. The molecule has 2 aromatic heterocycles. The second kappa shape index (κ2) is 9.85. The molecule has 4 aromatic rings. The van der Waals surface area contributed by atoms with Gasteiger partial charge >= 0.3 is 12.1 Å². The van der Waals surface area contributed by atoms with Gasteiger partial charge in [0, 0.05) is 22.5 Å². The molecule has 1 aliphatic rings. The number of rotatable bonds is 4. The van der Waals surface area contributed by atoms with Crippen LogP contribution in [0.4, 0.5) is 26.7 Å². The van der Waals surface area contributed by atoms with E-state index in [0.29, 0.717) is 11.1 Å². The Bertz CT molecular complexity index is 1710. The molecule has 1 aliphatic heterocycles.